The minimum atomic E-state index is -0.436. The predicted octanol–water partition coefficient (Wildman–Crippen LogP) is 2.93. The van der Waals surface area contributed by atoms with Gasteiger partial charge in [-0.05, 0) is 36.8 Å². The fraction of sp³-hybridized carbons (Fsp3) is 0.143. The summed E-state index contributed by atoms with van der Waals surface area (Å²) in [6.45, 7) is 2.06. The lowest BCUT2D eigenvalue weighted by Gasteiger charge is -2.02. The van der Waals surface area contributed by atoms with Crippen molar-refractivity contribution >= 4 is 11.4 Å². The highest BCUT2D eigenvalue weighted by Gasteiger charge is 2.04. The van der Waals surface area contributed by atoms with Crippen LogP contribution < -0.4 is 0 Å². The molecule has 1 aromatic heterocycles. The number of pyridine rings is 1. The Hall–Kier alpha value is -2.76. The van der Waals surface area contributed by atoms with Crippen molar-refractivity contribution in [2.24, 2.45) is 5.16 Å². The zero-order valence-electron chi connectivity index (χ0n) is 10.9. The van der Waals surface area contributed by atoms with Crippen LogP contribution in [0.2, 0.25) is 0 Å². The normalized spacial score (nSPS) is 11.2. The summed E-state index contributed by atoms with van der Waals surface area (Å²) in [7, 11) is 0. The van der Waals surface area contributed by atoms with Gasteiger partial charge in [0.1, 0.15) is 12.3 Å². The van der Waals surface area contributed by atoms with Crippen molar-refractivity contribution in [3.63, 3.8) is 0 Å². The van der Waals surface area contributed by atoms with Gasteiger partial charge in [0.15, 0.2) is 0 Å². The van der Waals surface area contributed by atoms with E-state index in [2.05, 4.69) is 10.1 Å². The van der Waals surface area contributed by atoms with Gasteiger partial charge in [-0.15, -0.1) is 0 Å². The molecule has 0 radical (unpaired) electrons. The van der Waals surface area contributed by atoms with E-state index < -0.39 is 4.92 Å². The van der Waals surface area contributed by atoms with Gasteiger partial charge in [0.2, 0.25) is 0 Å². The number of aromatic nitrogens is 1. The van der Waals surface area contributed by atoms with Crippen LogP contribution in [-0.2, 0) is 11.4 Å². The van der Waals surface area contributed by atoms with E-state index in [1.165, 1.54) is 12.1 Å². The number of nitro benzene ring substituents is 1. The van der Waals surface area contributed by atoms with Gasteiger partial charge in [-0.3, -0.25) is 15.1 Å². The van der Waals surface area contributed by atoms with E-state index in [1.807, 2.05) is 18.2 Å². The van der Waals surface area contributed by atoms with Crippen molar-refractivity contribution < 1.29 is 9.76 Å². The number of rotatable bonds is 5. The maximum atomic E-state index is 10.5. The minimum absolute atomic E-state index is 0.0573. The van der Waals surface area contributed by atoms with Crippen LogP contribution in [0.4, 0.5) is 5.69 Å². The molecule has 2 rings (SSSR count). The van der Waals surface area contributed by atoms with Crippen LogP contribution in [0.25, 0.3) is 0 Å². The van der Waals surface area contributed by atoms with Crippen molar-refractivity contribution in [1.82, 2.24) is 4.98 Å². The fourth-order valence-electron chi connectivity index (χ4n) is 1.54. The van der Waals surface area contributed by atoms with Crippen molar-refractivity contribution in [3.8, 4) is 0 Å². The highest BCUT2D eigenvalue weighted by Crippen LogP contribution is 2.12. The van der Waals surface area contributed by atoms with Gasteiger partial charge >= 0.3 is 0 Å². The second-order valence-electron chi connectivity index (χ2n) is 4.09. The third kappa shape index (κ3) is 3.61. The Balaban J connectivity index is 1.94. The summed E-state index contributed by atoms with van der Waals surface area (Å²) in [5, 5.41) is 14.5. The quantitative estimate of drug-likeness (QED) is 0.476. The SMILES string of the molecule is CC(=NOCc1ccc([N+](=O)[O-])cc1)c1ccccn1. The number of nitro groups is 1. The topological polar surface area (TPSA) is 77.6 Å². The lowest BCUT2D eigenvalue weighted by atomic mass is 10.2. The molecule has 0 saturated carbocycles. The zero-order valence-corrected chi connectivity index (χ0v) is 10.9. The van der Waals surface area contributed by atoms with Crippen LogP contribution in [-0.4, -0.2) is 15.6 Å². The Morgan fingerprint density at radius 1 is 1.30 bits per heavy atom. The Labute approximate surface area is 115 Å². The van der Waals surface area contributed by atoms with Gasteiger partial charge in [0, 0.05) is 18.3 Å². The van der Waals surface area contributed by atoms with E-state index in [-0.39, 0.29) is 12.3 Å². The van der Waals surface area contributed by atoms with Crippen LogP contribution in [0.15, 0.2) is 53.8 Å². The molecule has 6 heteroatoms. The van der Waals surface area contributed by atoms with Crippen molar-refractivity contribution in [2.75, 3.05) is 0 Å². The van der Waals surface area contributed by atoms with Crippen molar-refractivity contribution in [2.45, 2.75) is 13.5 Å². The number of nitrogens with zero attached hydrogens (tertiary/aromatic N) is 3. The first kappa shape index (κ1) is 13.7. The number of hydrogen-bond donors (Lipinski definition) is 0. The van der Waals surface area contributed by atoms with E-state index >= 15 is 0 Å². The average Bonchev–Trinajstić information content (AvgIpc) is 2.48. The summed E-state index contributed by atoms with van der Waals surface area (Å²) in [5.41, 5.74) is 2.29. The lowest BCUT2D eigenvalue weighted by Crippen LogP contribution is -1.99. The molecule has 0 unspecified atom stereocenters. The number of oxime groups is 1. The van der Waals surface area contributed by atoms with Crippen LogP contribution in [0.3, 0.4) is 0 Å². The van der Waals surface area contributed by atoms with E-state index in [1.54, 1.807) is 25.3 Å². The maximum Gasteiger partial charge on any atom is 0.269 e. The number of non-ortho nitro benzene ring substituents is 1. The molecule has 0 saturated heterocycles. The van der Waals surface area contributed by atoms with Crippen LogP contribution in [0.1, 0.15) is 18.2 Å². The second-order valence-corrected chi connectivity index (χ2v) is 4.09. The Morgan fingerprint density at radius 2 is 2.05 bits per heavy atom. The molecule has 0 bridgehead atoms. The molecule has 1 aromatic carbocycles. The van der Waals surface area contributed by atoms with Crippen molar-refractivity contribution in [3.05, 3.63) is 70.0 Å². The maximum absolute atomic E-state index is 10.5. The Morgan fingerprint density at radius 3 is 2.65 bits per heavy atom. The Bertz CT molecular complexity index is 609. The molecule has 102 valence electrons. The molecule has 6 nitrogen and oxygen atoms in total. The highest BCUT2D eigenvalue weighted by atomic mass is 16.6. The molecule has 0 N–H and O–H groups in total. The van der Waals surface area contributed by atoms with Gasteiger partial charge in [0.25, 0.3) is 5.69 Å². The first-order valence-corrected chi connectivity index (χ1v) is 5.98. The fourth-order valence-corrected chi connectivity index (χ4v) is 1.54. The minimum Gasteiger partial charge on any atom is -0.391 e. The average molecular weight is 271 g/mol. The lowest BCUT2D eigenvalue weighted by molar-refractivity contribution is -0.384. The van der Waals surface area contributed by atoms with Crippen LogP contribution >= 0.6 is 0 Å². The van der Waals surface area contributed by atoms with Gasteiger partial charge < -0.3 is 4.84 Å². The molecule has 0 fully saturated rings. The monoisotopic (exact) mass is 271 g/mol. The third-order valence-corrected chi connectivity index (χ3v) is 2.62. The van der Waals surface area contributed by atoms with Gasteiger partial charge in [0.05, 0.1) is 10.6 Å². The Kier molecular flexibility index (Phi) is 4.39. The standard InChI is InChI=1S/C14H13N3O3/c1-11(14-4-2-3-9-15-14)16-20-10-12-5-7-13(8-6-12)17(18)19/h2-9H,10H2,1H3. The van der Waals surface area contributed by atoms with Gasteiger partial charge in [-0.1, -0.05) is 11.2 Å². The summed E-state index contributed by atoms with van der Waals surface area (Å²) in [5.74, 6) is 0. The summed E-state index contributed by atoms with van der Waals surface area (Å²) in [4.78, 5) is 19.4. The van der Waals surface area contributed by atoms with Crippen LogP contribution in [0.5, 0.6) is 0 Å². The molecular formula is C14H13N3O3. The molecule has 2 aromatic rings. The first-order valence-electron chi connectivity index (χ1n) is 5.98. The van der Waals surface area contributed by atoms with Gasteiger partial charge in [-0.2, -0.15) is 0 Å². The summed E-state index contributed by atoms with van der Waals surface area (Å²) in [6, 6.07) is 11.7. The zero-order chi connectivity index (χ0) is 14.4. The molecular weight excluding hydrogens is 258 g/mol. The molecule has 20 heavy (non-hydrogen) atoms. The second kappa shape index (κ2) is 6.42. The van der Waals surface area contributed by atoms with E-state index in [4.69, 9.17) is 4.84 Å². The highest BCUT2D eigenvalue weighted by molar-refractivity contribution is 5.96. The van der Waals surface area contributed by atoms with E-state index in [0.29, 0.717) is 5.71 Å². The third-order valence-electron chi connectivity index (χ3n) is 2.62. The van der Waals surface area contributed by atoms with Gasteiger partial charge in [-0.25, -0.2) is 0 Å². The molecule has 0 atom stereocenters. The molecule has 0 amide bonds. The molecule has 1 heterocycles. The number of benzene rings is 1. The van der Waals surface area contributed by atoms with E-state index in [0.717, 1.165) is 11.3 Å². The van der Waals surface area contributed by atoms with Crippen molar-refractivity contribution in [1.29, 1.82) is 0 Å². The summed E-state index contributed by atoms with van der Waals surface area (Å²) in [6.07, 6.45) is 1.69. The molecule has 0 aliphatic rings. The first-order chi connectivity index (χ1) is 9.66. The molecule has 0 aliphatic carbocycles. The molecule has 0 spiro atoms. The largest absolute Gasteiger partial charge is 0.391 e. The molecule has 0 aliphatic heterocycles. The number of hydrogen-bond acceptors (Lipinski definition) is 5. The van der Waals surface area contributed by atoms with E-state index in [9.17, 15) is 10.1 Å². The predicted molar refractivity (Wildman–Crippen MR) is 74.3 cm³/mol. The summed E-state index contributed by atoms with van der Waals surface area (Å²) < 4.78 is 0. The summed E-state index contributed by atoms with van der Waals surface area (Å²) >= 11 is 0. The van der Waals surface area contributed by atoms with Crippen LogP contribution in [0, 0.1) is 10.1 Å². The smallest absolute Gasteiger partial charge is 0.269 e.